The molecule has 3 heterocycles. The molecule has 3 unspecified atom stereocenters. The Balaban J connectivity index is 1.57. The second-order valence-corrected chi connectivity index (χ2v) is 6.52. The Bertz CT molecular complexity index is 745. The van der Waals surface area contributed by atoms with Gasteiger partial charge in [0, 0.05) is 25.5 Å². The summed E-state index contributed by atoms with van der Waals surface area (Å²) >= 11 is 0. The van der Waals surface area contributed by atoms with E-state index in [4.69, 9.17) is 13.9 Å². The van der Waals surface area contributed by atoms with Crippen molar-refractivity contribution < 1.29 is 23.5 Å². The SMILES string of the molecule is CC1CN(C(=O)C(C)OC(=O)c2ccc(Cn3cccn3)o2)CC(C)O1. The molecule has 140 valence electrons. The van der Waals surface area contributed by atoms with Gasteiger partial charge in [0.05, 0.1) is 18.8 Å². The number of rotatable bonds is 5. The molecule has 0 aliphatic carbocycles. The number of hydrogen-bond acceptors (Lipinski definition) is 6. The third-order valence-corrected chi connectivity index (χ3v) is 4.10. The lowest BCUT2D eigenvalue weighted by Gasteiger charge is -2.36. The summed E-state index contributed by atoms with van der Waals surface area (Å²) in [6, 6.07) is 5.03. The van der Waals surface area contributed by atoms with Gasteiger partial charge >= 0.3 is 5.97 Å². The third kappa shape index (κ3) is 4.32. The molecular weight excluding hydrogens is 338 g/mol. The summed E-state index contributed by atoms with van der Waals surface area (Å²) in [6.07, 6.45) is 2.49. The van der Waals surface area contributed by atoms with Gasteiger partial charge in [-0.3, -0.25) is 9.48 Å². The van der Waals surface area contributed by atoms with Gasteiger partial charge < -0.3 is 18.8 Å². The Morgan fingerprint density at radius 2 is 2.04 bits per heavy atom. The summed E-state index contributed by atoms with van der Waals surface area (Å²) in [5, 5.41) is 4.08. The standard InChI is InChI=1S/C18H23N3O5/c1-12-9-20(10-13(2)24-12)17(22)14(3)25-18(23)16-6-5-15(26-16)11-21-8-4-7-19-21/h4-8,12-14H,9-11H2,1-3H3. The van der Waals surface area contributed by atoms with Crippen LogP contribution in [0.2, 0.25) is 0 Å². The van der Waals surface area contributed by atoms with Crippen LogP contribution >= 0.6 is 0 Å². The van der Waals surface area contributed by atoms with E-state index in [1.807, 2.05) is 13.8 Å². The summed E-state index contributed by atoms with van der Waals surface area (Å²) < 4.78 is 18.1. The Labute approximate surface area is 151 Å². The lowest BCUT2D eigenvalue weighted by Crippen LogP contribution is -2.51. The Kier molecular flexibility index (Phi) is 5.41. The normalized spacial score (nSPS) is 21.4. The molecule has 0 aromatic carbocycles. The number of morpholine rings is 1. The fourth-order valence-corrected chi connectivity index (χ4v) is 3.01. The average molecular weight is 361 g/mol. The van der Waals surface area contributed by atoms with Gasteiger partial charge in [-0.05, 0) is 39.0 Å². The number of amides is 1. The van der Waals surface area contributed by atoms with E-state index in [2.05, 4.69) is 5.10 Å². The molecule has 3 atom stereocenters. The van der Waals surface area contributed by atoms with Crippen molar-refractivity contribution in [1.82, 2.24) is 14.7 Å². The van der Waals surface area contributed by atoms with Crippen molar-refractivity contribution in [2.45, 2.75) is 45.6 Å². The van der Waals surface area contributed by atoms with Crippen molar-refractivity contribution in [1.29, 1.82) is 0 Å². The lowest BCUT2D eigenvalue weighted by atomic mass is 10.2. The van der Waals surface area contributed by atoms with Gasteiger partial charge in [0.25, 0.3) is 5.91 Å². The van der Waals surface area contributed by atoms with Crippen LogP contribution in [0.1, 0.15) is 37.1 Å². The number of esters is 1. The number of ether oxygens (including phenoxy) is 2. The van der Waals surface area contributed by atoms with Crippen LogP contribution in [0.3, 0.4) is 0 Å². The zero-order chi connectivity index (χ0) is 18.7. The van der Waals surface area contributed by atoms with Crippen LogP contribution in [0.5, 0.6) is 0 Å². The summed E-state index contributed by atoms with van der Waals surface area (Å²) in [6.45, 7) is 6.78. The number of furan rings is 1. The molecule has 0 radical (unpaired) electrons. The van der Waals surface area contributed by atoms with E-state index in [0.29, 0.717) is 25.4 Å². The average Bonchev–Trinajstić information content (AvgIpc) is 3.25. The van der Waals surface area contributed by atoms with Crippen LogP contribution in [0.15, 0.2) is 35.0 Å². The van der Waals surface area contributed by atoms with E-state index in [0.717, 1.165) is 0 Å². The molecule has 0 N–H and O–H groups in total. The molecule has 2 aromatic rings. The van der Waals surface area contributed by atoms with Crippen LogP contribution < -0.4 is 0 Å². The molecule has 26 heavy (non-hydrogen) atoms. The van der Waals surface area contributed by atoms with Crippen LogP contribution in [-0.2, 0) is 20.8 Å². The zero-order valence-corrected chi connectivity index (χ0v) is 15.1. The molecule has 1 aliphatic rings. The molecule has 0 spiro atoms. The molecule has 1 amide bonds. The van der Waals surface area contributed by atoms with Gasteiger partial charge in [-0.2, -0.15) is 5.10 Å². The van der Waals surface area contributed by atoms with Crippen LogP contribution in [-0.4, -0.2) is 58.0 Å². The predicted molar refractivity (Wildman–Crippen MR) is 91.5 cm³/mol. The highest BCUT2D eigenvalue weighted by molar-refractivity contribution is 5.90. The molecule has 1 fully saturated rings. The van der Waals surface area contributed by atoms with E-state index in [9.17, 15) is 9.59 Å². The first-order valence-electron chi connectivity index (χ1n) is 8.63. The highest BCUT2D eigenvalue weighted by atomic mass is 16.6. The largest absolute Gasteiger partial charge is 0.452 e. The molecule has 0 bridgehead atoms. The Hall–Kier alpha value is -2.61. The quantitative estimate of drug-likeness (QED) is 0.754. The summed E-state index contributed by atoms with van der Waals surface area (Å²) in [7, 11) is 0. The fourth-order valence-electron chi connectivity index (χ4n) is 3.01. The second kappa shape index (κ2) is 7.74. The summed E-state index contributed by atoms with van der Waals surface area (Å²) in [5.41, 5.74) is 0. The molecule has 8 nitrogen and oxygen atoms in total. The van der Waals surface area contributed by atoms with Crippen molar-refractivity contribution in [3.05, 3.63) is 42.1 Å². The van der Waals surface area contributed by atoms with E-state index in [-0.39, 0.29) is 23.9 Å². The highest BCUT2D eigenvalue weighted by Gasteiger charge is 2.31. The molecule has 2 aromatic heterocycles. The van der Waals surface area contributed by atoms with Gasteiger partial charge in [0.2, 0.25) is 5.76 Å². The first-order valence-corrected chi connectivity index (χ1v) is 8.63. The second-order valence-electron chi connectivity index (χ2n) is 6.52. The van der Waals surface area contributed by atoms with Crippen molar-refractivity contribution in [2.75, 3.05) is 13.1 Å². The van der Waals surface area contributed by atoms with E-state index < -0.39 is 12.1 Å². The van der Waals surface area contributed by atoms with Crippen LogP contribution in [0.25, 0.3) is 0 Å². The van der Waals surface area contributed by atoms with E-state index >= 15 is 0 Å². The summed E-state index contributed by atoms with van der Waals surface area (Å²) in [5.74, 6) is -0.249. The Morgan fingerprint density at radius 3 is 2.69 bits per heavy atom. The maximum absolute atomic E-state index is 12.5. The van der Waals surface area contributed by atoms with E-state index in [1.165, 1.54) is 6.07 Å². The predicted octanol–water partition coefficient (Wildman–Crippen LogP) is 1.71. The third-order valence-electron chi connectivity index (χ3n) is 4.10. The lowest BCUT2D eigenvalue weighted by molar-refractivity contribution is -0.151. The molecule has 0 saturated carbocycles. The number of hydrogen-bond donors (Lipinski definition) is 0. The first-order chi connectivity index (χ1) is 12.4. The fraction of sp³-hybridized carbons (Fsp3) is 0.500. The Morgan fingerprint density at radius 1 is 1.31 bits per heavy atom. The summed E-state index contributed by atoms with van der Waals surface area (Å²) in [4.78, 5) is 26.4. The van der Waals surface area contributed by atoms with Gasteiger partial charge in [0.1, 0.15) is 5.76 Å². The van der Waals surface area contributed by atoms with Crippen LogP contribution in [0.4, 0.5) is 0 Å². The first kappa shape index (κ1) is 18.2. The van der Waals surface area contributed by atoms with Crippen molar-refractivity contribution in [3.63, 3.8) is 0 Å². The zero-order valence-electron chi connectivity index (χ0n) is 15.1. The molecule has 8 heteroatoms. The smallest absolute Gasteiger partial charge is 0.375 e. The molecule has 1 saturated heterocycles. The van der Waals surface area contributed by atoms with Gasteiger partial charge in [-0.15, -0.1) is 0 Å². The molecular formula is C18H23N3O5. The maximum Gasteiger partial charge on any atom is 0.375 e. The van der Waals surface area contributed by atoms with Crippen molar-refractivity contribution in [3.8, 4) is 0 Å². The number of aromatic nitrogens is 2. The van der Waals surface area contributed by atoms with Crippen molar-refractivity contribution in [2.24, 2.45) is 0 Å². The number of nitrogens with zero attached hydrogens (tertiary/aromatic N) is 3. The van der Waals surface area contributed by atoms with Gasteiger partial charge in [-0.25, -0.2) is 4.79 Å². The number of carbonyl (C=O) groups excluding carboxylic acids is 2. The van der Waals surface area contributed by atoms with Gasteiger partial charge in [-0.1, -0.05) is 0 Å². The monoisotopic (exact) mass is 361 g/mol. The maximum atomic E-state index is 12.5. The molecule has 1 aliphatic heterocycles. The van der Waals surface area contributed by atoms with E-state index in [1.54, 1.807) is 41.0 Å². The van der Waals surface area contributed by atoms with Crippen molar-refractivity contribution >= 4 is 11.9 Å². The minimum atomic E-state index is -0.889. The van der Waals surface area contributed by atoms with Gasteiger partial charge in [0.15, 0.2) is 6.10 Å². The van der Waals surface area contributed by atoms with Crippen LogP contribution in [0, 0.1) is 0 Å². The minimum absolute atomic E-state index is 0.0412. The highest BCUT2D eigenvalue weighted by Crippen LogP contribution is 2.15. The number of carbonyl (C=O) groups is 2. The topological polar surface area (TPSA) is 86.8 Å². The molecule has 3 rings (SSSR count). The minimum Gasteiger partial charge on any atom is -0.452 e.